The molecular formula is C9H16N6O2. The maximum atomic E-state index is 10.8. The van der Waals surface area contributed by atoms with Gasteiger partial charge in [-0.2, -0.15) is 4.98 Å². The summed E-state index contributed by atoms with van der Waals surface area (Å²) in [5.41, 5.74) is 5.30. The number of rotatable bonds is 5. The Bertz CT molecular complexity index is 408. The van der Waals surface area contributed by atoms with Crippen molar-refractivity contribution in [2.45, 2.75) is 0 Å². The number of nitrogens with two attached hydrogens (primary N) is 1. The van der Waals surface area contributed by atoms with Gasteiger partial charge in [0.1, 0.15) is 6.20 Å². The fourth-order valence-electron chi connectivity index (χ4n) is 1.25. The minimum Gasteiger partial charge on any atom is -0.368 e. The maximum absolute atomic E-state index is 10.8. The van der Waals surface area contributed by atoms with Crippen molar-refractivity contribution in [1.29, 1.82) is 0 Å². The molecule has 0 bridgehead atoms. The maximum Gasteiger partial charge on any atom is 0.329 e. The van der Waals surface area contributed by atoms with Gasteiger partial charge in [-0.1, -0.05) is 0 Å². The van der Waals surface area contributed by atoms with Gasteiger partial charge in [0, 0.05) is 20.1 Å². The molecule has 8 nitrogen and oxygen atoms in total. The number of nitro groups is 1. The largest absolute Gasteiger partial charge is 0.368 e. The standard InChI is InChI=1S/C9H16N6O2/c1-13(2)4-5-14(3)8-7(15(16)17)6-11-9(10)12-8/h6H,4-5H2,1-3H3,(H2,10,11,12). The van der Waals surface area contributed by atoms with Gasteiger partial charge in [0.15, 0.2) is 0 Å². The number of anilines is 2. The summed E-state index contributed by atoms with van der Waals surface area (Å²) in [5, 5.41) is 10.8. The monoisotopic (exact) mass is 240 g/mol. The van der Waals surface area contributed by atoms with E-state index in [2.05, 4.69) is 9.97 Å². The fourth-order valence-corrected chi connectivity index (χ4v) is 1.25. The van der Waals surface area contributed by atoms with E-state index in [0.29, 0.717) is 6.54 Å². The average molecular weight is 240 g/mol. The molecule has 0 aliphatic heterocycles. The van der Waals surface area contributed by atoms with Crippen molar-refractivity contribution in [3.63, 3.8) is 0 Å². The van der Waals surface area contributed by atoms with E-state index in [0.717, 1.165) is 12.7 Å². The van der Waals surface area contributed by atoms with Crippen LogP contribution >= 0.6 is 0 Å². The van der Waals surface area contributed by atoms with Crippen molar-refractivity contribution in [3.05, 3.63) is 16.3 Å². The molecular weight excluding hydrogens is 224 g/mol. The van der Waals surface area contributed by atoms with Crippen LogP contribution in [0.25, 0.3) is 0 Å². The lowest BCUT2D eigenvalue weighted by Crippen LogP contribution is -2.29. The summed E-state index contributed by atoms with van der Waals surface area (Å²) in [6, 6.07) is 0. The molecule has 0 aromatic carbocycles. The van der Waals surface area contributed by atoms with Gasteiger partial charge >= 0.3 is 5.69 Å². The Kier molecular flexibility index (Phi) is 4.16. The van der Waals surface area contributed by atoms with Gasteiger partial charge in [-0.3, -0.25) is 10.1 Å². The number of hydrogen-bond donors (Lipinski definition) is 1. The Labute approximate surface area is 99.2 Å². The number of hydrogen-bond acceptors (Lipinski definition) is 7. The van der Waals surface area contributed by atoms with E-state index in [4.69, 9.17) is 5.73 Å². The Morgan fingerprint density at radius 2 is 2.06 bits per heavy atom. The molecule has 94 valence electrons. The minimum atomic E-state index is -0.513. The molecule has 0 amide bonds. The lowest BCUT2D eigenvalue weighted by atomic mass is 10.4. The zero-order valence-corrected chi connectivity index (χ0v) is 10.1. The van der Waals surface area contributed by atoms with E-state index in [-0.39, 0.29) is 17.5 Å². The van der Waals surface area contributed by atoms with E-state index in [9.17, 15) is 10.1 Å². The van der Waals surface area contributed by atoms with Crippen LogP contribution in [0.4, 0.5) is 17.5 Å². The summed E-state index contributed by atoms with van der Waals surface area (Å²) in [7, 11) is 5.59. The average Bonchev–Trinajstić information content (AvgIpc) is 2.25. The molecule has 2 N–H and O–H groups in total. The first-order chi connectivity index (χ1) is 7.91. The highest BCUT2D eigenvalue weighted by Gasteiger charge is 2.19. The van der Waals surface area contributed by atoms with Crippen LogP contribution in [0.15, 0.2) is 6.20 Å². The summed E-state index contributed by atoms with van der Waals surface area (Å²) < 4.78 is 0. The van der Waals surface area contributed by atoms with E-state index in [1.807, 2.05) is 19.0 Å². The molecule has 8 heteroatoms. The molecule has 0 saturated heterocycles. The Morgan fingerprint density at radius 3 is 2.59 bits per heavy atom. The molecule has 1 aromatic heterocycles. The summed E-state index contributed by atoms with van der Waals surface area (Å²) in [6.45, 7) is 1.38. The van der Waals surface area contributed by atoms with Gasteiger partial charge in [-0.15, -0.1) is 0 Å². The van der Waals surface area contributed by atoms with Crippen molar-refractivity contribution in [2.24, 2.45) is 0 Å². The van der Waals surface area contributed by atoms with Crippen LogP contribution < -0.4 is 10.6 Å². The Balaban J connectivity index is 2.94. The van der Waals surface area contributed by atoms with Crippen LogP contribution in [0, 0.1) is 10.1 Å². The third-order valence-corrected chi connectivity index (χ3v) is 2.21. The van der Waals surface area contributed by atoms with E-state index >= 15 is 0 Å². The summed E-state index contributed by atoms with van der Waals surface area (Å²) >= 11 is 0. The number of nitrogens with zero attached hydrogens (tertiary/aromatic N) is 5. The van der Waals surface area contributed by atoms with Crippen LogP contribution in [0.3, 0.4) is 0 Å². The third-order valence-electron chi connectivity index (χ3n) is 2.21. The van der Waals surface area contributed by atoms with Crippen molar-refractivity contribution in [3.8, 4) is 0 Å². The Hall–Kier alpha value is -1.96. The van der Waals surface area contributed by atoms with Gasteiger partial charge in [-0.05, 0) is 14.1 Å². The second-order valence-corrected chi connectivity index (χ2v) is 3.92. The van der Waals surface area contributed by atoms with Gasteiger partial charge in [0.05, 0.1) is 4.92 Å². The van der Waals surface area contributed by atoms with Gasteiger partial charge < -0.3 is 15.5 Å². The minimum absolute atomic E-state index is 0.0299. The lowest BCUT2D eigenvalue weighted by molar-refractivity contribution is -0.384. The van der Waals surface area contributed by atoms with Gasteiger partial charge in [0.25, 0.3) is 0 Å². The molecule has 0 radical (unpaired) electrons. The van der Waals surface area contributed by atoms with Crippen LogP contribution in [0.1, 0.15) is 0 Å². The number of aromatic nitrogens is 2. The molecule has 1 aromatic rings. The predicted molar refractivity (Wildman–Crippen MR) is 64.9 cm³/mol. The van der Waals surface area contributed by atoms with Crippen molar-refractivity contribution in [2.75, 3.05) is 44.9 Å². The van der Waals surface area contributed by atoms with Crippen LogP contribution in [-0.2, 0) is 0 Å². The van der Waals surface area contributed by atoms with Crippen LogP contribution in [-0.4, -0.2) is 54.0 Å². The number of likely N-dealkylation sites (N-methyl/N-ethyl adjacent to an activating group) is 2. The summed E-state index contributed by atoms with van der Waals surface area (Å²) in [6.07, 6.45) is 1.13. The highest BCUT2D eigenvalue weighted by atomic mass is 16.6. The second-order valence-electron chi connectivity index (χ2n) is 3.92. The highest BCUT2D eigenvalue weighted by molar-refractivity contribution is 5.57. The smallest absolute Gasteiger partial charge is 0.329 e. The molecule has 0 fully saturated rings. The molecule has 0 unspecified atom stereocenters. The third kappa shape index (κ3) is 3.52. The molecule has 0 saturated carbocycles. The molecule has 17 heavy (non-hydrogen) atoms. The molecule has 0 atom stereocenters. The van der Waals surface area contributed by atoms with E-state index in [1.54, 1.807) is 11.9 Å². The fraction of sp³-hybridized carbons (Fsp3) is 0.556. The van der Waals surface area contributed by atoms with Crippen molar-refractivity contribution >= 4 is 17.5 Å². The zero-order chi connectivity index (χ0) is 13.0. The molecule has 0 aliphatic rings. The topological polar surface area (TPSA) is 101 Å². The number of nitrogen functional groups attached to an aromatic ring is 1. The Morgan fingerprint density at radius 1 is 1.41 bits per heavy atom. The molecule has 0 spiro atoms. The van der Waals surface area contributed by atoms with Gasteiger partial charge in [-0.25, -0.2) is 4.98 Å². The normalized spacial score (nSPS) is 10.6. The van der Waals surface area contributed by atoms with Gasteiger partial charge in [0.2, 0.25) is 11.8 Å². The SMILES string of the molecule is CN(C)CCN(C)c1nc(N)ncc1[N+](=O)[O-]. The van der Waals surface area contributed by atoms with Crippen LogP contribution in [0.5, 0.6) is 0 Å². The molecule has 1 heterocycles. The first-order valence-electron chi connectivity index (χ1n) is 5.04. The second kappa shape index (κ2) is 5.39. The van der Waals surface area contributed by atoms with E-state index < -0.39 is 4.92 Å². The molecule has 0 aliphatic carbocycles. The summed E-state index contributed by atoms with van der Waals surface area (Å²) in [4.78, 5) is 21.5. The first kappa shape index (κ1) is 13.1. The van der Waals surface area contributed by atoms with Crippen molar-refractivity contribution < 1.29 is 4.92 Å². The van der Waals surface area contributed by atoms with Crippen molar-refractivity contribution in [1.82, 2.24) is 14.9 Å². The molecule has 1 rings (SSSR count). The predicted octanol–water partition coefficient (Wildman–Crippen LogP) is -0.0352. The highest BCUT2D eigenvalue weighted by Crippen LogP contribution is 2.23. The van der Waals surface area contributed by atoms with Crippen LogP contribution in [0.2, 0.25) is 0 Å². The zero-order valence-electron chi connectivity index (χ0n) is 10.1. The quantitative estimate of drug-likeness (QED) is 0.569. The first-order valence-corrected chi connectivity index (χ1v) is 5.04. The lowest BCUT2D eigenvalue weighted by Gasteiger charge is -2.20. The van der Waals surface area contributed by atoms with E-state index in [1.165, 1.54) is 0 Å². The summed E-state index contributed by atoms with van der Waals surface area (Å²) in [5.74, 6) is 0.270.